The standard InChI is InChI=1S/C16H24N2O3/c1-16(2,3)21-15(19)18-8-7-12(11-18)9-13-5-6-14(20-4)10-17-13/h5-6,10,12H,7-9,11H2,1-4H3/t12-/m1/s1. The number of rotatable bonds is 3. The Bertz CT molecular complexity index is 479. The van der Waals surface area contributed by atoms with Gasteiger partial charge in [0.05, 0.1) is 13.3 Å². The molecule has 5 heteroatoms. The van der Waals surface area contributed by atoms with Crippen molar-refractivity contribution >= 4 is 6.09 Å². The van der Waals surface area contributed by atoms with E-state index in [1.54, 1.807) is 18.2 Å². The summed E-state index contributed by atoms with van der Waals surface area (Å²) in [5.41, 5.74) is 0.596. The number of ether oxygens (including phenoxy) is 2. The van der Waals surface area contributed by atoms with Crippen LogP contribution in [0.25, 0.3) is 0 Å². The smallest absolute Gasteiger partial charge is 0.410 e. The quantitative estimate of drug-likeness (QED) is 0.859. The molecule has 0 spiro atoms. The Kier molecular flexibility index (Phi) is 4.70. The van der Waals surface area contributed by atoms with Crippen LogP contribution >= 0.6 is 0 Å². The van der Waals surface area contributed by atoms with Crippen LogP contribution in [0.2, 0.25) is 0 Å². The number of hydrogen-bond donors (Lipinski definition) is 0. The maximum absolute atomic E-state index is 12.0. The number of carbonyl (C=O) groups is 1. The molecule has 1 aliphatic rings. The van der Waals surface area contributed by atoms with Crippen LogP contribution in [0, 0.1) is 5.92 Å². The van der Waals surface area contributed by atoms with Gasteiger partial charge in [0.2, 0.25) is 0 Å². The molecule has 0 bridgehead atoms. The van der Waals surface area contributed by atoms with E-state index in [4.69, 9.17) is 9.47 Å². The zero-order chi connectivity index (χ0) is 15.5. The second-order valence-electron chi connectivity index (χ2n) is 6.47. The van der Waals surface area contributed by atoms with Crippen molar-refractivity contribution in [3.63, 3.8) is 0 Å². The van der Waals surface area contributed by atoms with Crippen molar-refractivity contribution in [2.24, 2.45) is 5.92 Å². The molecule has 5 nitrogen and oxygen atoms in total. The molecule has 1 aromatic rings. The summed E-state index contributed by atoms with van der Waals surface area (Å²) in [6, 6.07) is 3.90. The lowest BCUT2D eigenvalue weighted by molar-refractivity contribution is 0.0288. The Labute approximate surface area is 126 Å². The fourth-order valence-corrected chi connectivity index (χ4v) is 2.44. The Hall–Kier alpha value is -1.78. The lowest BCUT2D eigenvalue weighted by atomic mass is 10.0. The minimum atomic E-state index is -0.438. The van der Waals surface area contributed by atoms with Crippen LogP contribution < -0.4 is 4.74 Å². The van der Waals surface area contributed by atoms with E-state index in [2.05, 4.69) is 4.98 Å². The first kappa shape index (κ1) is 15.6. The molecular weight excluding hydrogens is 268 g/mol. The van der Waals surface area contributed by atoms with Gasteiger partial charge in [0.1, 0.15) is 11.4 Å². The second kappa shape index (κ2) is 6.33. The highest BCUT2D eigenvalue weighted by Gasteiger charge is 2.29. The first-order valence-corrected chi connectivity index (χ1v) is 7.34. The molecule has 21 heavy (non-hydrogen) atoms. The molecule has 1 fully saturated rings. The maximum Gasteiger partial charge on any atom is 0.410 e. The van der Waals surface area contributed by atoms with Gasteiger partial charge in [-0.2, -0.15) is 0 Å². The third kappa shape index (κ3) is 4.62. The fourth-order valence-electron chi connectivity index (χ4n) is 2.44. The van der Waals surface area contributed by atoms with Gasteiger partial charge in [-0.15, -0.1) is 0 Å². The zero-order valence-corrected chi connectivity index (χ0v) is 13.3. The molecule has 1 aromatic heterocycles. The third-order valence-corrected chi connectivity index (χ3v) is 3.47. The van der Waals surface area contributed by atoms with Crippen molar-refractivity contribution in [2.45, 2.75) is 39.2 Å². The Morgan fingerprint density at radius 3 is 2.76 bits per heavy atom. The number of nitrogens with zero attached hydrogens (tertiary/aromatic N) is 2. The maximum atomic E-state index is 12.0. The molecule has 1 aliphatic heterocycles. The highest BCUT2D eigenvalue weighted by atomic mass is 16.6. The minimum Gasteiger partial charge on any atom is -0.495 e. The monoisotopic (exact) mass is 292 g/mol. The Morgan fingerprint density at radius 2 is 2.19 bits per heavy atom. The number of likely N-dealkylation sites (tertiary alicyclic amines) is 1. The van der Waals surface area contributed by atoms with Gasteiger partial charge >= 0.3 is 6.09 Å². The van der Waals surface area contributed by atoms with Crippen molar-refractivity contribution in [3.8, 4) is 5.75 Å². The lowest BCUT2D eigenvalue weighted by Gasteiger charge is -2.24. The molecule has 1 amide bonds. The number of aromatic nitrogens is 1. The van der Waals surface area contributed by atoms with Gasteiger partial charge in [-0.3, -0.25) is 4.98 Å². The van der Waals surface area contributed by atoms with E-state index in [0.29, 0.717) is 5.92 Å². The van der Waals surface area contributed by atoms with Crippen LogP contribution in [0.3, 0.4) is 0 Å². The SMILES string of the molecule is COc1ccc(C[C@H]2CCN(C(=O)OC(C)(C)C)C2)nc1. The van der Waals surface area contributed by atoms with E-state index in [1.165, 1.54) is 0 Å². The summed E-state index contributed by atoms with van der Waals surface area (Å²) in [6.07, 6.45) is 3.39. The summed E-state index contributed by atoms with van der Waals surface area (Å²) in [5, 5.41) is 0. The van der Waals surface area contributed by atoms with E-state index < -0.39 is 5.60 Å². The van der Waals surface area contributed by atoms with Gasteiger partial charge in [0.15, 0.2) is 0 Å². The highest BCUT2D eigenvalue weighted by Crippen LogP contribution is 2.22. The molecule has 0 radical (unpaired) electrons. The largest absolute Gasteiger partial charge is 0.495 e. The number of methoxy groups -OCH3 is 1. The first-order chi connectivity index (χ1) is 9.87. The van der Waals surface area contributed by atoms with E-state index in [-0.39, 0.29) is 6.09 Å². The number of carbonyl (C=O) groups excluding carboxylic acids is 1. The normalized spacial score (nSPS) is 18.7. The molecule has 0 unspecified atom stereocenters. The average Bonchev–Trinajstić information content (AvgIpc) is 2.86. The summed E-state index contributed by atoms with van der Waals surface area (Å²) < 4.78 is 10.5. The van der Waals surface area contributed by atoms with Gasteiger partial charge in [-0.25, -0.2) is 4.79 Å². The topological polar surface area (TPSA) is 51.7 Å². The third-order valence-electron chi connectivity index (χ3n) is 3.47. The number of hydrogen-bond acceptors (Lipinski definition) is 4. The predicted octanol–water partition coefficient (Wildman–Crippen LogP) is 2.89. The Balaban J connectivity index is 1.86. The van der Waals surface area contributed by atoms with Crippen molar-refractivity contribution in [3.05, 3.63) is 24.0 Å². The van der Waals surface area contributed by atoms with Crippen LogP contribution in [0.5, 0.6) is 5.75 Å². The van der Waals surface area contributed by atoms with Gasteiger partial charge < -0.3 is 14.4 Å². The summed E-state index contributed by atoms with van der Waals surface area (Å²) in [4.78, 5) is 18.2. The van der Waals surface area contributed by atoms with Gasteiger partial charge in [0.25, 0.3) is 0 Å². The summed E-state index contributed by atoms with van der Waals surface area (Å²) in [7, 11) is 1.63. The molecule has 2 rings (SSSR count). The van der Waals surface area contributed by atoms with Crippen LogP contribution in [-0.2, 0) is 11.2 Å². The number of pyridine rings is 1. The van der Waals surface area contributed by atoms with Crippen LogP contribution in [0.15, 0.2) is 18.3 Å². The molecule has 116 valence electrons. The van der Waals surface area contributed by atoms with Gasteiger partial charge in [0, 0.05) is 18.8 Å². The first-order valence-electron chi connectivity index (χ1n) is 7.34. The van der Waals surface area contributed by atoms with Gasteiger partial charge in [-0.05, 0) is 51.7 Å². The van der Waals surface area contributed by atoms with Crippen LogP contribution in [-0.4, -0.2) is 41.8 Å². The molecule has 0 aliphatic carbocycles. The van der Waals surface area contributed by atoms with Crippen LogP contribution in [0.4, 0.5) is 4.79 Å². The summed E-state index contributed by atoms with van der Waals surface area (Å²) >= 11 is 0. The second-order valence-corrected chi connectivity index (χ2v) is 6.47. The molecule has 1 atom stereocenters. The predicted molar refractivity (Wildman–Crippen MR) is 80.4 cm³/mol. The van der Waals surface area contributed by atoms with E-state index in [9.17, 15) is 4.79 Å². The van der Waals surface area contributed by atoms with Crippen molar-refractivity contribution in [1.29, 1.82) is 0 Å². The Morgan fingerprint density at radius 1 is 1.43 bits per heavy atom. The molecule has 0 saturated carbocycles. The fraction of sp³-hybridized carbons (Fsp3) is 0.625. The number of amides is 1. The minimum absolute atomic E-state index is 0.215. The van der Waals surface area contributed by atoms with E-state index in [0.717, 1.165) is 37.4 Å². The van der Waals surface area contributed by atoms with Gasteiger partial charge in [-0.1, -0.05) is 0 Å². The zero-order valence-electron chi connectivity index (χ0n) is 13.3. The van der Waals surface area contributed by atoms with Crippen molar-refractivity contribution < 1.29 is 14.3 Å². The molecule has 0 N–H and O–H groups in total. The van der Waals surface area contributed by atoms with Crippen molar-refractivity contribution in [1.82, 2.24) is 9.88 Å². The molecule has 2 heterocycles. The lowest BCUT2D eigenvalue weighted by Crippen LogP contribution is -2.35. The van der Waals surface area contributed by atoms with Crippen molar-refractivity contribution in [2.75, 3.05) is 20.2 Å². The van der Waals surface area contributed by atoms with E-state index in [1.807, 2.05) is 32.9 Å². The molecule has 1 saturated heterocycles. The van der Waals surface area contributed by atoms with Crippen LogP contribution in [0.1, 0.15) is 32.9 Å². The summed E-state index contributed by atoms with van der Waals surface area (Å²) in [6.45, 7) is 7.16. The summed E-state index contributed by atoms with van der Waals surface area (Å²) in [5.74, 6) is 1.21. The molecular formula is C16H24N2O3. The average molecular weight is 292 g/mol. The van der Waals surface area contributed by atoms with E-state index >= 15 is 0 Å². The molecule has 0 aromatic carbocycles. The highest BCUT2D eigenvalue weighted by molar-refractivity contribution is 5.68.